The van der Waals surface area contributed by atoms with Gasteiger partial charge in [-0.2, -0.15) is 0 Å². The Morgan fingerprint density at radius 1 is 0.867 bits per heavy atom. The number of aromatic nitrogens is 1. The molecule has 5 nitrogen and oxygen atoms in total. The zero-order chi connectivity index (χ0) is 20.3. The lowest BCUT2D eigenvalue weighted by molar-refractivity contribution is 0.123. The topological polar surface area (TPSA) is 63.4 Å². The van der Waals surface area contributed by atoms with Crippen molar-refractivity contribution in [2.24, 2.45) is 0 Å². The van der Waals surface area contributed by atoms with Gasteiger partial charge < -0.3 is 20.7 Å². The number of nitrogens with one attached hydrogen (secondary N) is 1. The van der Waals surface area contributed by atoms with Crippen molar-refractivity contribution in [3.8, 4) is 11.1 Å². The van der Waals surface area contributed by atoms with Crippen molar-refractivity contribution in [2.45, 2.75) is 0 Å². The Labute approximate surface area is 176 Å². The van der Waals surface area contributed by atoms with Crippen molar-refractivity contribution in [1.82, 2.24) is 4.98 Å². The number of benzene rings is 3. The molecule has 0 saturated carbocycles. The highest BCUT2D eigenvalue weighted by Gasteiger charge is 2.16. The van der Waals surface area contributed by atoms with E-state index in [9.17, 15) is 0 Å². The van der Waals surface area contributed by atoms with Gasteiger partial charge in [-0.3, -0.25) is 0 Å². The lowest BCUT2D eigenvalue weighted by Crippen LogP contribution is -2.36. The molecule has 0 atom stereocenters. The third-order valence-electron chi connectivity index (χ3n) is 5.51. The molecule has 3 aromatic carbocycles. The highest BCUT2D eigenvalue weighted by atomic mass is 16.5. The van der Waals surface area contributed by atoms with Gasteiger partial charge in [0.05, 0.1) is 24.6 Å². The molecule has 1 aliphatic heterocycles. The molecule has 0 amide bonds. The van der Waals surface area contributed by atoms with Crippen molar-refractivity contribution in [3.05, 3.63) is 79.0 Å². The van der Waals surface area contributed by atoms with Gasteiger partial charge in [-0.15, -0.1) is 0 Å². The summed E-state index contributed by atoms with van der Waals surface area (Å²) in [5, 5.41) is 5.81. The summed E-state index contributed by atoms with van der Waals surface area (Å²) >= 11 is 0. The lowest BCUT2D eigenvalue weighted by atomic mass is 9.98. The number of hydrogen-bond acceptors (Lipinski definition) is 5. The SMILES string of the molecule is Nc1cccc(-c2cccc3c(Nc4ccccc4N4CCOCC4)nccc23)c1. The van der Waals surface area contributed by atoms with Crippen LogP contribution in [0.4, 0.5) is 22.9 Å². The number of anilines is 4. The molecule has 3 N–H and O–H groups in total. The Balaban J connectivity index is 1.56. The second kappa shape index (κ2) is 8.05. The van der Waals surface area contributed by atoms with E-state index < -0.39 is 0 Å². The minimum Gasteiger partial charge on any atom is -0.399 e. The largest absolute Gasteiger partial charge is 0.399 e. The maximum atomic E-state index is 6.02. The van der Waals surface area contributed by atoms with Crippen LogP contribution in [0.5, 0.6) is 0 Å². The van der Waals surface area contributed by atoms with Crippen LogP contribution >= 0.6 is 0 Å². The van der Waals surface area contributed by atoms with E-state index in [-0.39, 0.29) is 0 Å². The summed E-state index contributed by atoms with van der Waals surface area (Å²) in [6.07, 6.45) is 1.86. The maximum absolute atomic E-state index is 6.02. The van der Waals surface area contributed by atoms with Crippen LogP contribution in [0, 0.1) is 0 Å². The number of nitrogens with two attached hydrogens (primary N) is 1. The molecular weight excluding hydrogens is 372 g/mol. The molecule has 0 bridgehead atoms. The van der Waals surface area contributed by atoms with Crippen molar-refractivity contribution < 1.29 is 4.74 Å². The summed E-state index contributed by atoms with van der Waals surface area (Å²) in [7, 11) is 0. The Hall–Kier alpha value is -3.57. The summed E-state index contributed by atoms with van der Waals surface area (Å²) < 4.78 is 5.52. The van der Waals surface area contributed by atoms with E-state index in [1.807, 2.05) is 24.4 Å². The quantitative estimate of drug-likeness (QED) is 0.472. The summed E-state index contributed by atoms with van der Waals surface area (Å²) in [5.74, 6) is 0.846. The molecule has 5 rings (SSSR count). The Bertz CT molecular complexity index is 1180. The molecule has 5 heteroatoms. The van der Waals surface area contributed by atoms with Gasteiger partial charge in [0.25, 0.3) is 0 Å². The Morgan fingerprint density at radius 2 is 1.70 bits per heavy atom. The molecule has 150 valence electrons. The van der Waals surface area contributed by atoms with E-state index in [0.717, 1.165) is 65.4 Å². The zero-order valence-corrected chi connectivity index (χ0v) is 16.7. The molecule has 1 fully saturated rings. The monoisotopic (exact) mass is 396 g/mol. The van der Waals surface area contributed by atoms with Crippen LogP contribution in [-0.4, -0.2) is 31.3 Å². The number of ether oxygens (including phenoxy) is 1. The number of pyridine rings is 1. The molecule has 0 spiro atoms. The van der Waals surface area contributed by atoms with Gasteiger partial charge in [0, 0.05) is 30.4 Å². The van der Waals surface area contributed by atoms with Crippen LogP contribution in [0.3, 0.4) is 0 Å². The number of rotatable bonds is 4. The van der Waals surface area contributed by atoms with Crippen molar-refractivity contribution >= 4 is 33.7 Å². The predicted molar refractivity (Wildman–Crippen MR) is 124 cm³/mol. The first-order chi connectivity index (χ1) is 14.8. The normalized spacial score (nSPS) is 14.1. The second-order valence-electron chi connectivity index (χ2n) is 7.43. The van der Waals surface area contributed by atoms with Gasteiger partial charge in [0.15, 0.2) is 0 Å². The number of para-hydroxylation sites is 2. The van der Waals surface area contributed by atoms with Crippen molar-refractivity contribution in [3.63, 3.8) is 0 Å². The summed E-state index contributed by atoms with van der Waals surface area (Å²) in [6, 6.07) is 24.7. The van der Waals surface area contributed by atoms with Crippen LogP contribution in [0.1, 0.15) is 0 Å². The second-order valence-corrected chi connectivity index (χ2v) is 7.43. The van der Waals surface area contributed by atoms with Gasteiger partial charge >= 0.3 is 0 Å². The minimum absolute atomic E-state index is 0.754. The molecular formula is C25H24N4O. The third-order valence-corrected chi connectivity index (χ3v) is 5.51. The molecule has 2 heterocycles. The number of morpholine rings is 1. The predicted octanol–water partition coefficient (Wildman–Crippen LogP) is 5.06. The number of nitrogens with zero attached hydrogens (tertiary/aromatic N) is 2. The van der Waals surface area contributed by atoms with Gasteiger partial charge in [-0.1, -0.05) is 42.5 Å². The molecule has 0 radical (unpaired) electrons. The smallest absolute Gasteiger partial charge is 0.138 e. The first-order valence-corrected chi connectivity index (χ1v) is 10.2. The molecule has 30 heavy (non-hydrogen) atoms. The van der Waals surface area contributed by atoms with Gasteiger partial charge in [0.1, 0.15) is 5.82 Å². The van der Waals surface area contributed by atoms with E-state index in [2.05, 4.69) is 69.8 Å². The minimum atomic E-state index is 0.754. The van der Waals surface area contributed by atoms with Crippen LogP contribution in [0.2, 0.25) is 0 Å². The number of fused-ring (bicyclic) bond motifs is 1. The van der Waals surface area contributed by atoms with Crippen LogP contribution in [-0.2, 0) is 4.74 Å². The average Bonchev–Trinajstić information content (AvgIpc) is 2.80. The number of nitrogen functional groups attached to an aromatic ring is 1. The highest BCUT2D eigenvalue weighted by molar-refractivity contribution is 6.03. The maximum Gasteiger partial charge on any atom is 0.138 e. The van der Waals surface area contributed by atoms with E-state index in [1.54, 1.807) is 0 Å². The standard InChI is InChI=1S/C25H24N4O/c26-19-6-3-5-18(17-19)20-7-4-8-22-21(20)11-12-27-25(22)28-23-9-1-2-10-24(23)29-13-15-30-16-14-29/h1-12,17H,13-16,26H2,(H,27,28). The Morgan fingerprint density at radius 3 is 2.57 bits per heavy atom. The van der Waals surface area contributed by atoms with E-state index in [1.165, 1.54) is 5.69 Å². The molecule has 1 aromatic heterocycles. The van der Waals surface area contributed by atoms with Crippen LogP contribution in [0.15, 0.2) is 79.0 Å². The molecule has 0 unspecified atom stereocenters. The fourth-order valence-corrected chi connectivity index (χ4v) is 4.05. The Kier molecular flexibility index (Phi) is 4.95. The lowest BCUT2D eigenvalue weighted by Gasteiger charge is -2.30. The fraction of sp³-hybridized carbons (Fsp3) is 0.160. The van der Waals surface area contributed by atoms with Crippen LogP contribution < -0.4 is 16.0 Å². The zero-order valence-electron chi connectivity index (χ0n) is 16.7. The first kappa shape index (κ1) is 18.5. The van der Waals surface area contributed by atoms with Crippen molar-refractivity contribution in [2.75, 3.05) is 42.3 Å². The summed E-state index contributed by atoms with van der Waals surface area (Å²) in [4.78, 5) is 7.02. The van der Waals surface area contributed by atoms with Gasteiger partial charge in [-0.05, 0) is 46.8 Å². The van der Waals surface area contributed by atoms with E-state index in [0.29, 0.717) is 0 Å². The van der Waals surface area contributed by atoms with Crippen LogP contribution in [0.25, 0.3) is 21.9 Å². The van der Waals surface area contributed by atoms with Gasteiger partial charge in [-0.25, -0.2) is 4.98 Å². The highest BCUT2D eigenvalue weighted by Crippen LogP contribution is 2.35. The fourth-order valence-electron chi connectivity index (χ4n) is 4.05. The van der Waals surface area contributed by atoms with Crippen molar-refractivity contribution in [1.29, 1.82) is 0 Å². The number of hydrogen-bond donors (Lipinski definition) is 2. The average molecular weight is 396 g/mol. The third kappa shape index (κ3) is 3.55. The first-order valence-electron chi connectivity index (χ1n) is 10.2. The van der Waals surface area contributed by atoms with E-state index >= 15 is 0 Å². The van der Waals surface area contributed by atoms with Gasteiger partial charge in [0.2, 0.25) is 0 Å². The molecule has 1 saturated heterocycles. The van der Waals surface area contributed by atoms with E-state index in [4.69, 9.17) is 10.5 Å². The molecule has 0 aliphatic carbocycles. The molecule has 1 aliphatic rings. The summed E-state index contributed by atoms with van der Waals surface area (Å²) in [5.41, 5.74) is 11.3. The molecule has 4 aromatic rings. The summed E-state index contributed by atoms with van der Waals surface area (Å²) in [6.45, 7) is 3.29.